The third kappa shape index (κ3) is 4.66. The summed E-state index contributed by atoms with van der Waals surface area (Å²) in [5, 5.41) is 0.932. The summed E-state index contributed by atoms with van der Waals surface area (Å²) in [7, 11) is 0. The Hall–Kier alpha value is -3.24. The molecule has 0 spiro atoms. The van der Waals surface area contributed by atoms with Crippen LogP contribution in [0, 0.1) is 5.41 Å². The lowest BCUT2D eigenvalue weighted by Gasteiger charge is -2.29. The van der Waals surface area contributed by atoms with Crippen molar-refractivity contribution in [3.8, 4) is 0 Å². The van der Waals surface area contributed by atoms with Crippen molar-refractivity contribution in [2.45, 2.75) is 64.4 Å². The topological polar surface area (TPSA) is 137 Å². The number of hydrogen-bond donors (Lipinski definition) is 0. The van der Waals surface area contributed by atoms with E-state index in [1.807, 2.05) is 0 Å². The molecule has 2 heterocycles. The highest BCUT2D eigenvalue weighted by Gasteiger charge is 2.40. The number of nitrogens with zero attached hydrogens (tertiary/aromatic N) is 2. The van der Waals surface area contributed by atoms with Gasteiger partial charge in [-0.1, -0.05) is 11.1 Å². The lowest BCUT2D eigenvalue weighted by atomic mass is 9.80. The van der Waals surface area contributed by atoms with Crippen LogP contribution in [0.1, 0.15) is 58.3 Å². The van der Waals surface area contributed by atoms with Crippen LogP contribution in [-0.2, 0) is 38.4 Å². The highest BCUT2D eigenvalue weighted by atomic mass is 16.8. The van der Waals surface area contributed by atoms with E-state index in [1.165, 1.54) is 0 Å². The first-order valence-corrected chi connectivity index (χ1v) is 9.69. The van der Waals surface area contributed by atoms with Crippen molar-refractivity contribution in [2.75, 3.05) is 0 Å². The van der Waals surface area contributed by atoms with Gasteiger partial charge in [0.05, 0.1) is 5.41 Å². The molecule has 4 amide bonds. The molecule has 11 nitrogen and oxygen atoms in total. The Morgan fingerprint density at radius 2 is 1.47 bits per heavy atom. The van der Waals surface area contributed by atoms with Crippen molar-refractivity contribution in [1.82, 2.24) is 10.1 Å². The summed E-state index contributed by atoms with van der Waals surface area (Å²) < 4.78 is 5.14. The molecule has 11 heteroatoms. The van der Waals surface area contributed by atoms with Crippen molar-refractivity contribution in [3.63, 3.8) is 0 Å². The van der Waals surface area contributed by atoms with E-state index in [-0.39, 0.29) is 32.1 Å². The van der Waals surface area contributed by atoms with Crippen molar-refractivity contribution in [2.24, 2.45) is 5.41 Å². The molecule has 3 aliphatic rings. The van der Waals surface area contributed by atoms with Gasteiger partial charge in [0.2, 0.25) is 0 Å². The summed E-state index contributed by atoms with van der Waals surface area (Å²) in [6.45, 7) is 1.67. The standard InChI is InChI=1S/C19H22N2O9/c1-19(17(26)29-20-13(22)6-7-14(20)23)10-2-4-12(5-3-11-19)28-18(27)30-21-15(24)8-9-16(21)25/h2,4,12H,3,5-11H2,1H3. The van der Waals surface area contributed by atoms with Gasteiger partial charge in [-0.3, -0.25) is 24.0 Å². The fraction of sp³-hybridized carbons (Fsp3) is 0.579. The summed E-state index contributed by atoms with van der Waals surface area (Å²) in [5.41, 5.74) is -0.959. The number of allylic oxidation sites excluding steroid dienone is 1. The minimum Gasteiger partial charge on any atom is -0.425 e. The molecule has 0 aromatic heterocycles. The number of hydrogen-bond acceptors (Lipinski definition) is 9. The molecule has 0 N–H and O–H groups in total. The molecule has 162 valence electrons. The summed E-state index contributed by atoms with van der Waals surface area (Å²) >= 11 is 0. The average Bonchev–Trinajstić information content (AvgIpc) is 3.16. The monoisotopic (exact) mass is 422 g/mol. The molecule has 2 atom stereocenters. The van der Waals surface area contributed by atoms with Crippen LogP contribution in [-0.4, -0.2) is 52.0 Å². The number of imide groups is 2. The van der Waals surface area contributed by atoms with E-state index in [0.717, 1.165) is 0 Å². The summed E-state index contributed by atoms with van der Waals surface area (Å²) in [6.07, 6.45) is 2.83. The van der Waals surface area contributed by atoms with Crippen LogP contribution in [0.3, 0.4) is 0 Å². The minimum absolute atomic E-state index is 0.0151. The van der Waals surface area contributed by atoms with Gasteiger partial charge in [-0.2, -0.15) is 0 Å². The second-order valence-corrected chi connectivity index (χ2v) is 7.63. The maximum atomic E-state index is 12.6. The first kappa shape index (κ1) is 21.5. The highest BCUT2D eigenvalue weighted by molar-refractivity contribution is 6.02. The van der Waals surface area contributed by atoms with Crippen LogP contribution in [0.5, 0.6) is 0 Å². The van der Waals surface area contributed by atoms with Crippen molar-refractivity contribution in [3.05, 3.63) is 12.2 Å². The van der Waals surface area contributed by atoms with E-state index in [1.54, 1.807) is 19.1 Å². The molecule has 0 radical (unpaired) electrons. The maximum Gasteiger partial charge on any atom is 0.534 e. The van der Waals surface area contributed by atoms with E-state index in [2.05, 4.69) is 4.84 Å². The Morgan fingerprint density at radius 3 is 2.03 bits per heavy atom. The van der Waals surface area contributed by atoms with Gasteiger partial charge >= 0.3 is 12.1 Å². The van der Waals surface area contributed by atoms with Crippen LogP contribution >= 0.6 is 0 Å². The first-order valence-electron chi connectivity index (χ1n) is 9.69. The number of hydroxylamine groups is 4. The van der Waals surface area contributed by atoms with Crippen LogP contribution in [0.4, 0.5) is 4.79 Å². The Balaban J connectivity index is 1.54. The van der Waals surface area contributed by atoms with Gasteiger partial charge in [0, 0.05) is 25.7 Å². The van der Waals surface area contributed by atoms with Gasteiger partial charge in [-0.05, 0) is 38.7 Å². The largest absolute Gasteiger partial charge is 0.534 e. The number of ether oxygens (including phenoxy) is 1. The van der Waals surface area contributed by atoms with Crippen molar-refractivity contribution in [1.29, 1.82) is 0 Å². The van der Waals surface area contributed by atoms with Crippen LogP contribution in [0.2, 0.25) is 0 Å². The van der Waals surface area contributed by atoms with E-state index in [4.69, 9.17) is 9.57 Å². The van der Waals surface area contributed by atoms with E-state index >= 15 is 0 Å². The van der Waals surface area contributed by atoms with Crippen LogP contribution in [0.15, 0.2) is 12.2 Å². The predicted molar refractivity (Wildman–Crippen MR) is 95.3 cm³/mol. The molecule has 0 aromatic rings. The SMILES string of the molecule is CC1(C(=O)ON2C(=O)CCC2=O)CC=CC(OC(=O)ON2C(=O)CCC2=O)CCC1. The molecular formula is C19H22N2O9. The number of carbonyl (C=O) groups is 6. The smallest absolute Gasteiger partial charge is 0.425 e. The minimum atomic E-state index is -1.16. The quantitative estimate of drug-likeness (QED) is 0.373. The van der Waals surface area contributed by atoms with Gasteiger partial charge in [0.1, 0.15) is 6.10 Å². The molecule has 3 rings (SSSR count). The van der Waals surface area contributed by atoms with Gasteiger partial charge < -0.3 is 9.57 Å². The Bertz CT molecular complexity index is 789. The number of amides is 4. The molecule has 2 unspecified atom stereocenters. The normalized spacial score (nSPS) is 27.2. The molecule has 2 aliphatic heterocycles. The predicted octanol–water partition coefficient (Wildman–Crippen LogP) is 1.32. The van der Waals surface area contributed by atoms with Crippen LogP contribution < -0.4 is 0 Å². The zero-order valence-corrected chi connectivity index (χ0v) is 16.5. The summed E-state index contributed by atoms with van der Waals surface area (Å²) in [4.78, 5) is 80.4. The van der Waals surface area contributed by atoms with Gasteiger partial charge in [0.25, 0.3) is 23.6 Å². The fourth-order valence-electron chi connectivity index (χ4n) is 3.38. The van der Waals surface area contributed by atoms with E-state index in [0.29, 0.717) is 29.4 Å². The molecule has 0 bridgehead atoms. The van der Waals surface area contributed by atoms with E-state index in [9.17, 15) is 28.8 Å². The fourth-order valence-corrected chi connectivity index (χ4v) is 3.38. The van der Waals surface area contributed by atoms with Gasteiger partial charge in [0.15, 0.2) is 0 Å². The summed E-state index contributed by atoms with van der Waals surface area (Å²) in [6, 6.07) is 0. The lowest BCUT2D eigenvalue weighted by Crippen LogP contribution is -2.39. The Morgan fingerprint density at radius 1 is 0.933 bits per heavy atom. The maximum absolute atomic E-state index is 12.6. The third-order valence-electron chi connectivity index (χ3n) is 5.23. The Kier molecular flexibility index (Phi) is 6.18. The molecule has 2 fully saturated rings. The van der Waals surface area contributed by atoms with Crippen molar-refractivity contribution >= 4 is 35.8 Å². The number of rotatable bonds is 4. The number of carbonyl (C=O) groups excluding carboxylic acids is 6. The molecule has 2 saturated heterocycles. The zero-order valence-electron chi connectivity index (χ0n) is 16.5. The second kappa shape index (κ2) is 8.64. The Labute approximate surface area is 171 Å². The second-order valence-electron chi connectivity index (χ2n) is 7.63. The zero-order chi connectivity index (χ0) is 21.9. The van der Waals surface area contributed by atoms with Crippen LogP contribution in [0.25, 0.3) is 0 Å². The third-order valence-corrected chi connectivity index (χ3v) is 5.23. The molecule has 1 aliphatic carbocycles. The average molecular weight is 422 g/mol. The molecule has 0 aromatic carbocycles. The van der Waals surface area contributed by atoms with Gasteiger partial charge in [-0.25, -0.2) is 9.59 Å². The van der Waals surface area contributed by atoms with Crippen molar-refractivity contribution < 1.29 is 43.2 Å². The summed E-state index contributed by atoms with van der Waals surface area (Å²) in [5.74, 6) is -2.97. The van der Waals surface area contributed by atoms with Gasteiger partial charge in [-0.15, -0.1) is 5.06 Å². The first-order chi connectivity index (χ1) is 14.2. The molecule has 0 saturated carbocycles. The highest BCUT2D eigenvalue weighted by Crippen LogP contribution is 2.34. The molecular weight excluding hydrogens is 400 g/mol. The lowest BCUT2D eigenvalue weighted by molar-refractivity contribution is -0.205. The molecule has 30 heavy (non-hydrogen) atoms. The van der Waals surface area contributed by atoms with E-state index < -0.39 is 47.3 Å².